The van der Waals surface area contributed by atoms with E-state index in [1.165, 1.54) is 88.6 Å². The Hall–Kier alpha value is -6.98. The lowest BCUT2D eigenvalue weighted by Gasteiger charge is -2.41. The van der Waals surface area contributed by atoms with Crippen molar-refractivity contribution in [2.24, 2.45) is 10.9 Å². The summed E-state index contributed by atoms with van der Waals surface area (Å²) in [5.41, 5.74) is 23.5. The van der Waals surface area contributed by atoms with E-state index < -0.39 is 0 Å². The Morgan fingerprint density at radius 2 is 1.21 bits per heavy atom. The van der Waals surface area contributed by atoms with Crippen molar-refractivity contribution >= 4 is 49.6 Å². The molecule has 12 rings (SSSR count). The summed E-state index contributed by atoms with van der Waals surface area (Å²) in [5, 5.41) is 4.86. The number of fused-ring (bicyclic) bond motifs is 12. The highest BCUT2D eigenvalue weighted by molar-refractivity contribution is 6.12. The molecule has 3 aromatic heterocycles. The summed E-state index contributed by atoms with van der Waals surface area (Å²) in [6.45, 7) is 18.0. The van der Waals surface area contributed by atoms with E-state index in [0.717, 1.165) is 51.3 Å². The van der Waals surface area contributed by atoms with Crippen molar-refractivity contribution < 1.29 is 0 Å². The van der Waals surface area contributed by atoms with Crippen molar-refractivity contribution in [3.05, 3.63) is 195 Å². The molecule has 0 saturated heterocycles. The first-order valence-electron chi connectivity index (χ1n) is 22.5. The molecule has 9 aromatic rings. The molecule has 4 heterocycles. The van der Waals surface area contributed by atoms with Gasteiger partial charge in [-0.1, -0.05) is 95.4 Å². The number of amidine groups is 1. The zero-order valence-corrected chi connectivity index (χ0v) is 37.4. The minimum absolute atomic E-state index is 0.0383. The maximum atomic E-state index is 5.90. The van der Waals surface area contributed by atoms with Gasteiger partial charge in [-0.15, -0.1) is 0 Å². The second-order valence-corrected chi connectivity index (χ2v) is 18.9. The predicted octanol–water partition coefficient (Wildman–Crippen LogP) is 14.6. The lowest BCUT2D eigenvalue weighted by Crippen LogP contribution is -2.36. The number of hydrogen-bond acceptors (Lipinski definition) is 3. The van der Waals surface area contributed by atoms with Gasteiger partial charge >= 0.3 is 0 Å². The van der Waals surface area contributed by atoms with Crippen LogP contribution in [-0.2, 0) is 0 Å². The number of aromatic nitrogens is 3. The third kappa shape index (κ3) is 5.68. The number of rotatable bonds is 4. The van der Waals surface area contributed by atoms with Gasteiger partial charge in [0, 0.05) is 56.3 Å². The van der Waals surface area contributed by atoms with Crippen LogP contribution in [0.15, 0.2) is 155 Å². The number of pyridine rings is 1. The van der Waals surface area contributed by atoms with Gasteiger partial charge in [0.2, 0.25) is 0 Å². The van der Waals surface area contributed by atoms with E-state index in [1.807, 2.05) is 12.3 Å². The normalized spacial score (nSPS) is 18.3. The molecule has 0 saturated carbocycles. The molecule has 0 radical (unpaired) electrons. The fourth-order valence-corrected chi connectivity index (χ4v) is 11.6. The molecule has 0 unspecified atom stereocenters. The highest BCUT2D eigenvalue weighted by Gasteiger charge is 2.46. The first kappa shape index (κ1) is 37.8. The molecule has 2 aliphatic carbocycles. The lowest BCUT2D eigenvalue weighted by molar-refractivity contribution is 0.329. The zero-order valence-electron chi connectivity index (χ0n) is 37.4. The van der Waals surface area contributed by atoms with Gasteiger partial charge < -0.3 is 9.47 Å². The first-order chi connectivity index (χ1) is 30.5. The molecule has 5 heteroatoms. The Kier molecular flexibility index (Phi) is 8.25. The molecule has 0 spiro atoms. The predicted molar refractivity (Wildman–Crippen MR) is 263 cm³/mol. The van der Waals surface area contributed by atoms with E-state index in [0.29, 0.717) is 5.92 Å². The van der Waals surface area contributed by atoms with Crippen LogP contribution in [0.3, 0.4) is 0 Å². The summed E-state index contributed by atoms with van der Waals surface area (Å²) in [6.07, 6.45) is 5.35. The van der Waals surface area contributed by atoms with Crippen LogP contribution >= 0.6 is 0 Å². The quantitative estimate of drug-likeness (QED) is 0.177. The van der Waals surface area contributed by atoms with Gasteiger partial charge in [0.1, 0.15) is 17.5 Å². The molecular weight excluding hydrogens is 767 g/mol. The van der Waals surface area contributed by atoms with E-state index >= 15 is 0 Å². The van der Waals surface area contributed by atoms with Crippen LogP contribution in [0.5, 0.6) is 0 Å². The molecule has 0 N–H and O–H groups in total. The third-order valence-electron chi connectivity index (χ3n) is 14.1. The Morgan fingerprint density at radius 3 is 1.95 bits per heavy atom. The number of benzene rings is 6. The zero-order chi connectivity index (χ0) is 43.0. The molecule has 1 aliphatic heterocycles. The number of nitrogens with zero attached hydrogens (tertiary/aromatic N) is 5. The lowest BCUT2D eigenvalue weighted by atomic mass is 9.77. The van der Waals surface area contributed by atoms with Gasteiger partial charge in [0.25, 0.3) is 0 Å². The molecule has 6 aromatic carbocycles. The highest BCUT2D eigenvalue weighted by atomic mass is 15.3. The summed E-state index contributed by atoms with van der Waals surface area (Å²) in [7, 11) is 0. The van der Waals surface area contributed by atoms with Crippen LogP contribution in [0.2, 0.25) is 0 Å². The van der Waals surface area contributed by atoms with Crippen LogP contribution in [0.4, 0.5) is 0 Å². The number of aliphatic imine (C=N–C) groups is 1. The summed E-state index contributed by atoms with van der Waals surface area (Å²) in [6, 6.07) is 46.0. The molecular formula is C58H51N5. The highest BCUT2D eigenvalue weighted by Crippen LogP contribution is 2.56. The van der Waals surface area contributed by atoms with Crippen molar-refractivity contribution in [2.45, 2.75) is 73.9 Å². The monoisotopic (exact) mass is 817 g/mol. The summed E-state index contributed by atoms with van der Waals surface area (Å²) >= 11 is 0. The number of allylic oxidation sites excluding steroid dienone is 4. The maximum Gasteiger partial charge on any atom is 0.145 e. The van der Waals surface area contributed by atoms with Crippen LogP contribution in [-0.4, -0.2) is 24.9 Å². The Morgan fingerprint density at radius 1 is 0.540 bits per heavy atom. The van der Waals surface area contributed by atoms with Gasteiger partial charge in [0.05, 0.1) is 22.6 Å². The molecule has 0 amide bonds. The molecule has 0 fully saturated rings. The van der Waals surface area contributed by atoms with Gasteiger partial charge in [-0.05, 0) is 155 Å². The van der Waals surface area contributed by atoms with Gasteiger partial charge in [-0.3, -0.25) is 9.56 Å². The molecule has 5 nitrogen and oxygen atoms in total. The summed E-state index contributed by atoms with van der Waals surface area (Å²) in [5.74, 6) is 1.39. The molecule has 3 atom stereocenters. The van der Waals surface area contributed by atoms with E-state index in [9.17, 15) is 0 Å². The van der Waals surface area contributed by atoms with Gasteiger partial charge in [0.15, 0.2) is 0 Å². The fourth-order valence-electron chi connectivity index (χ4n) is 11.6. The van der Waals surface area contributed by atoms with E-state index in [1.54, 1.807) is 0 Å². The van der Waals surface area contributed by atoms with Crippen molar-refractivity contribution in [1.82, 2.24) is 19.0 Å². The third-order valence-corrected chi connectivity index (χ3v) is 14.1. The number of aryl methyl sites for hydroxylation is 5. The average Bonchev–Trinajstić information content (AvgIpc) is 3.91. The van der Waals surface area contributed by atoms with E-state index in [4.69, 9.17) is 9.98 Å². The average molecular weight is 818 g/mol. The molecule has 63 heavy (non-hydrogen) atoms. The Labute approximate surface area is 369 Å². The largest absolute Gasteiger partial charge is 0.319 e. The molecule has 308 valence electrons. The smallest absolute Gasteiger partial charge is 0.145 e. The minimum Gasteiger partial charge on any atom is -0.319 e. The standard InChI is InChI=1S/C58H51N5/c1-32-11-16-44-47(26-32)48-27-33(2)12-17-45(48)56-54(44)60-57(63(56)55-38(7)22-36(5)23-39(55)8)40-24-37(6)25-42(30-40)61-51-19-13-34(3)28-49(51)43-18-15-41(31-53(43)61)62-52-20-14-35(4)29-50(52)46-10-9-21-59-58(46)62/h9-22,24-31,39,54,56H,23H2,1-8H3/t39-,54+,56-/m0/s1. The first-order valence-corrected chi connectivity index (χ1v) is 22.5. The second kappa shape index (κ2) is 13.8. The van der Waals surface area contributed by atoms with Crippen LogP contribution in [0, 0.1) is 40.5 Å². The summed E-state index contributed by atoms with van der Waals surface area (Å²) in [4.78, 5) is 13.5. The van der Waals surface area contributed by atoms with Gasteiger partial charge in [-0.2, -0.15) is 0 Å². The van der Waals surface area contributed by atoms with Crippen molar-refractivity contribution in [1.29, 1.82) is 0 Å². The van der Waals surface area contributed by atoms with Crippen LogP contribution in [0.1, 0.15) is 83.8 Å². The second-order valence-electron chi connectivity index (χ2n) is 18.9. The van der Waals surface area contributed by atoms with Crippen molar-refractivity contribution in [3.8, 4) is 22.5 Å². The topological polar surface area (TPSA) is 38.4 Å². The minimum atomic E-state index is -0.0448. The fraction of sp³-hybridized carbons (Fsp3) is 0.207. The van der Waals surface area contributed by atoms with E-state index in [2.05, 4.69) is 191 Å². The Balaban J connectivity index is 1.10. The maximum absolute atomic E-state index is 5.90. The number of hydrogen-bond donors (Lipinski definition) is 0. The molecule has 0 bridgehead atoms. The van der Waals surface area contributed by atoms with Gasteiger partial charge in [-0.25, -0.2) is 4.98 Å². The van der Waals surface area contributed by atoms with Crippen LogP contribution in [0.25, 0.3) is 66.2 Å². The van der Waals surface area contributed by atoms with Crippen molar-refractivity contribution in [2.75, 3.05) is 0 Å². The SMILES string of the molecule is CC1=CC(C)=C(N2C(c3cc(C)cc(-n4c5ccc(C)cc5c5ccc(-n6c7ccc(C)cc7c7cccnc76)cc54)c3)=N[C@@H]3c4ccc(C)cc4-c4cc(C)ccc4[C@@H]32)[C@@H](C)C1. The van der Waals surface area contributed by atoms with E-state index in [-0.39, 0.29) is 12.1 Å². The molecule has 3 aliphatic rings. The van der Waals surface area contributed by atoms with Crippen molar-refractivity contribution in [3.63, 3.8) is 0 Å². The summed E-state index contributed by atoms with van der Waals surface area (Å²) < 4.78 is 4.82. The Bertz CT molecular complexity index is 3550. The van der Waals surface area contributed by atoms with Crippen LogP contribution < -0.4 is 0 Å².